The van der Waals surface area contributed by atoms with E-state index in [4.69, 9.17) is 0 Å². The highest BCUT2D eigenvalue weighted by Crippen LogP contribution is 2.08. The fraction of sp³-hybridized carbons (Fsp3) is 0.727. The van der Waals surface area contributed by atoms with E-state index < -0.39 is 0 Å². The van der Waals surface area contributed by atoms with Crippen molar-refractivity contribution in [1.29, 1.82) is 0 Å². The van der Waals surface area contributed by atoms with E-state index >= 15 is 0 Å². The molecule has 0 saturated heterocycles. The Morgan fingerprint density at radius 1 is 1.07 bits per heavy atom. The van der Waals surface area contributed by atoms with Gasteiger partial charge in [-0.2, -0.15) is 0 Å². The number of hydrogen-bond donors (Lipinski definition) is 0. The molecule has 0 N–H and O–H groups in total. The van der Waals surface area contributed by atoms with Gasteiger partial charge in [0.2, 0.25) is 0 Å². The minimum Gasteiger partial charge on any atom is -0.300 e. The lowest BCUT2D eigenvalue weighted by molar-refractivity contribution is -0.131. The van der Waals surface area contributed by atoms with E-state index in [9.17, 15) is 14.4 Å². The first kappa shape index (κ1) is 13.0. The summed E-state index contributed by atoms with van der Waals surface area (Å²) in [6.45, 7) is 6.70. The summed E-state index contributed by atoms with van der Waals surface area (Å²) in [6, 6.07) is 0. The van der Waals surface area contributed by atoms with Crippen molar-refractivity contribution in [1.82, 2.24) is 0 Å². The van der Waals surface area contributed by atoms with E-state index in [1.165, 1.54) is 6.92 Å². The van der Waals surface area contributed by atoms with Crippen molar-refractivity contribution in [3.05, 3.63) is 0 Å². The van der Waals surface area contributed by atoms with Crippen LogP contribution in [-0.2, 0) is 14.4 Å². The molecular formula is C11H18O3. The second-order valence-electron chi connectivity index (χ2n) is 4.05. The van der Waals surface area contributed by atoms with Crippen LogP contribution in [0.15, 0.2) is 0 Å². The lowest BCUT2D eigenvalue weighted by Gasteiger charge is -2.06. The van der Waals surface area contributed by atoms with Gasteiger partial charge in [-0.15, -0.1) is 0 Å². The Hall–Kier alpha value is -0.990. The topological polar surface area (TPSA) is 51.2 Å². The standard InChI is InChI=1S/C11H18O3/c1-7(2)11(14)6-10(13)5-8(3)9(4)12/h7-8H,5-6H2,1-4H3/t8-/m1/s1. The molecule has 3 heteroatoms. The largest absolute Gasteiger partial charge is 0.300 e. The van der Waals surface area contributed by atoms with Crippen molar-refractivity contribution in [3.8, 4) is 0 Å². The zero-order chi connectivity index (χ0) is 11.3. The maximum absolute atomic E-state index is 11.3. The number of carbonyl (C=O) groups is 3. The zero-order valence-corrected chi connectivity index (χ0v) is 9.29. The fourth-order valence-corrected chi connectivity index (χ4v) is 0.956. The summed E-state index contributed by atoms with van der Waals surface area (Å²) in [6.07, 6.45) is 0.156. The van der Waals surface area contributed by atoms with Gasteiger partial charge >= 0.3 is 0 Å². The Balaban J connectivity index is 3.99. The molecule has 0 aliphatic carbocycles. The Bertz CT molecular complexity index is 241. The molecule has 80 valence electrons. The third-order valence-corrected chi connectivity index (χ3v) is 2.24. The van der Waals surface area contributed by atoms with Crippen LogP contribution in [0.5, 0.6) is 0 Å². The van der Waals surface area contributed by atoms with Gasteiger partial charge in [-0.3, -0.25) is 14.4 Å². The van der Waals surface area contributed by atoms with Crippen molar-refractivity contribution >= 4 is 17.3 Å². The normalized spacial score (nSPS) is 12.6. The third-order valence-electron chi connectivity index (χ3n) is 2.24. The molecule has 0 bridgehead atoms. The molecule has 0 unspecified atom stereocenters. The lowest BCUT2D eigenvalue weighted by Crippen LogP contribution is -2.17. The van der Waals surface area contributed by atoms with Crippen LogP contribution in [-0.4, -0.2) is 17.3 Å². The molecule has 0 aliphatic heterocycles. The summed E-state index contributed by atoms with van der Waals surface area (Å²) in [5, 5.41) is 0. The van der Waals surface area contributed by atoms with Crippen molar-refractivity contribution in [2.45, 2.75) is 40.5 Å². The highest BCUT2D eigenvalue weighted by molar-refractivity contribution is 6.01. The highest BCUT2D eigenvalue weighted by Gasteiger charge is 2.17. The average molecular weight is 198 g/mol. The molecule has 14 heavy (non-hydrogen) atoms. The minimum absolute atomic E-state index is 0.00431. The Kier molecular flexibility index (Phi) is 5.28. The molecule has 0 radical (unpaired) electrons. The smallest absolute Gasteiger partial charge is 0.142 e. The lowest BCUT2D eigenvalue weighted by atomic mass is 9.96. The predicted molar refractivity (Wildman–Crippen MR) is 53.9 cm³/mol. The molecule has 0 amide bonds. The van der Waals surface area contributed by atoms with Gasteiger partial charge in [0.1, 0.15) is 17.3 Å². The van der Waals surface area contributed by atoms with Crippen LogP contribution in [0.3, 0.4) is 0 Å². The number of Topliss-reactive ketones (excluding diaryl/α,β-unsaturated/α-hetero) is 3. The van der Waals surface area contributed by atoms with E-state index in [1.807, 2.05) is 0 Å². The van der Waals surface area contributed by atoms with Crippen molar-refractivity contribution < 1.29 is 14.4 Å². The summed E-state index contributed by atoms with van der Waals surface area (Å²) in [5.74, 6) is -0.554. The average Bonchev–Trinajstić information content (AvgIpc) is 2.03. The van der Waals surface area contributed by atoms with Gasteiger partial charge in [0.25, 0.3) is 0 Å². The molecule has 1 atom stereocenters. The maximum atomic E-state index is 11.3. The van der Waals surface area contributed by atoms with E-state index in [0.717, 1.165) is 0 Å². The van der Waals surface area contributed by atoms with Gasteiger partial charge in [0.05, 0.1) is 6.42 Å². The van der Waals surface area contributed by atoms with Crippen LogP contribution in [0.2, 0.25) is 0 Å². The summed E-state index contributed by atoms with van der Waals surface area (Å²) in [7, 11) is 0. The van der Waals surface area contributed by atoms with Crippen LogP contribution in [0.25, 0.3) is 0 Å². The zero-order valence-electron chi connectivity index (χ0n) is 9.29. The van der Waals surface area contributed by atoms with Gasteiger partial charge in [0.15, 0.2) is 0 Å². The van der Waals surface area contributed by atoms with Crippen molar-refractivity contribution in [2.24, 2.45) is 11.8 Å². The predicted octanol–water partition coefficient (Wildman–Crippen LogP) is 1.79. The molecule has 0 aromatic rings. The van der Waals surface area contributed by atoms with Crippen LogP contribution >= 0.6 is 0 Å². The molecule has 0 aromatic carbocycles. The third kappa shape index (κ3) is 4.90. The number of ketones is 3. The molecule has 0 heterocycles. The Morgan fingerprint density at radius 2 is 1.57 bits per heavy atom. The van der Waals surface area contributed by atoms with Gasteiger partial charge in [0, 0.05) is 18.3 Å². The molecule has 0 spiro atoms. The number of rotatable bonds is 6. The molecule has 0 aliphatic rings. The van der Waals surface area contributed by atoms with E-state index in [1.54, 1.807) is 20.8 Å². The first-order chi connectivity index (χ1) is 6.34. The minimum atomic E-state index is -0.262. The van der Waals surface area contributed by atoms with Crippen LogP contribution in [0.1, 0.15) is 40.5 Å². The van der Waals surface area contributed by atoms with Gasteiger partial charge < -0.3 is 0 Å². The van der Waals surface area contributed by atoms with Gasteiger partial charge in [-0.05, 0) is 6.92 Å². The molecule has 0 fully saturated rings. The SMILES string of the molecule is CC(=O)[C@H](C)CC(=O)CC(=O)C(C)C. The van der Waals surface area contributed by atoms with Crippen molar-refractivity contribution in [3.63, 3.8) is 0 Å². The summed E-state index contributed by atoms with van der Waals surface area (Å²) < 4.78 is 0. The van der Waals surface area contributed by atoms with Crippen LogP contribution in [0, 0.1) is 11.8 Å². The van der Waals surface area contributed by atoms with E-state index in [2.05, 4.69) is 0 Å². The summed E-state index contributed by atoms with van der Waals surface area (Å²) in [5.41, 5.74) is 0. The highest BCUT2D eigenvalue weighted by atomic mass is 16.2. The fourth-order valence-electron chi connectivity index (χ4n) is 0.956. The summed E-state index contributed by atoms with van der Waals surface area (Å²) >= 11 is 0. The molecule has 0 aromatic heterocycles. The molecule has 0 saturated carbocycles. The number of carbonyl (C=O) groups excluding carboxylic acids is 3. The molecule has 0 rings (SSSR count). The Labute approximate surface area is 84.9 Å². The Morgan fingerprint density at radius 3 is 1.93 bits per heavy atom. The van der Waals surface area contributed by atoms with E-state index in [-0.39, 0.29) is 42.0 Å². The first-order valence-corrected chi connectivity index (χ1v) is 4.89. The molecule has 3 nitrogen and oxygen atoms in total. The van der Waals surface area contributed by atoms with Crippen LogP contribution in [0.4, 0.5) is 0 Å². The van der Waals surface area contributed by atoms with Crippen molar-refractivity contribution in [2.75, 3.05) is 0 Å². The van der Waals surface area contributed by atoms with Gasteiger partial charge in [-0.1, -0.05) is 20.8 Å². The second kappa shape index (κ2) is 5.68. The molecular weight excluding hydrogens is 180 g/mol. The first-order valence-electron chi connectivity index (χ1n) is 4.89. The monoisotopic (exact) mass is 198 g/mol. The van der Waals surface area contributed by atoms with E-state index in [0.29, 0.717) is 0 Å². The quantitative estimate of drug-likeness (QED) is 0.611. The second-order valence-corrected chi connectivity index (χ2v) is 4.05. The summed E-state index contributed by atoms with van der Waals surface area (Å²) in [4.78, 5) is 33.4. The maximum Gasteiger partial charge on any atom is 0.142 e. The number of hydrogen-bond acceptors (Lipinski definition) is 3. The van der Waals surface area contributed by atoms with Gasteiger partial charge in [-0.25, -0.2) is 0 Å². The van der Waals surface area contributed by atoms with Crippen LogP contribution < -0.4 is 0 Å².